The summed E-state index contributed by atoms with van der Waals surface area (Å²) in [4.78, 5) is 0. The summed E-state index contributed by atoms with van der Waals surface area (Å²) < 4.78 is 37.2. The number of rotatable bonds is 2. The van der Waals surface area contributed by atoms with Crippen molar-refractivity contribution in [1.29, 1.82) is 0 Å². The molecule has 0 saturated carbocycles. The zero-order valence-electron chi connectivity index (χ0n) is 11.1. The molecule has 0 N–H and O–H groups in total. The van der Waals surface area contributed by atoms with Gasteiger partial charge in [0.25, 0.3) is 0 Å². The van der Waals surface area contributed by atoms with E-state index in [0.29, 0.717) is 12.8 Å². The van der Waals surface area contributed by atoms with Gasteiger partial charge in [0, 0.05) is 0 Å². The predicted molar refractivity (Wildman–Crippen MR) is 70.6 cm³/mol. The van der Waals surface area contributed by atoms with Crippen LogP contribution in [0.2, 0.25) is 0 Å². The van der Waals surface area contributed by atoms with Crippen LogP contribution >= 0.6 is 0 Å². The van der Waals surface area contributed by atoms with Gasteiger partial charge in [0.05, 0.1) is 34.9 Å². The maximum absolute atomic E-state index is 12.9. The van der Waals surface area contributed by atoms with Crippen molar-refractivity contribution in [3.05, 3.63) is 23.3 Å². The summed E-state index contributed by atoms with van der Waals surface area (Å²) in [5.41, 5.74) is 2.14. The van der Waals surface area contributed by atoms with Crippen LogP contribution in [0.15, 0.2) is 23.3 Å². The van der Waals surface area contributed by atoms with E-state index in [2.05, 4.69) is 12.2 Å². The molecular weight excluding hydrogens is 264 g/mol. The van der Waals surface area contributed by atoms with Crippen LogP contribution < -0.4 is 0 Å². The summed E-state index contributed by atoms with van der Waals surface area (Å²) in [6, 6.07) is 0. The minimum absolute atomic E-state index is 0.000855. The molecule has 4 heterocycles. The molecule has 0 radical (unpaired) electrons. The topological polar surface area (TPSA) is 52.6 Å². The second-order valence-electron chi connectivity index (χ2n) is 6.15. The van der Waals surface area contributed by atoms with Gasteiger partial charge in [0.2, 0.25) is 0 Å². The first-order chi connectivity index (χ1) is 8.96. The quantitative estimate of drug-likeness (QED) is 0.718. The molecule has 0 aromatic rings. The van der Waals surface area contributed by atoms with E-state index in [1.54, 1.807) is 0 Å². The molecule has 0 spiro atoms. The highest BCUT2D eigenvalue weighted by Gasteiger charge is 2.55. The number of sulfone groups is 1. The highest BCUT2D eigenvalue weighted by molar-refractivity contribution is 7.92. The van der Waals surface area contributed by atoms with Crippen molar-refractivity contribution in [2.75, 3.05) is 0 Å². The van der Waals surface area contributed by atoms with Gasteiger partial charge >= 0.3 is 0 Å². The molecule has 0 aromatic carbocycles. The fraction of sp³-hybridized carbons (Fsp3) is 0.714. The van der Waals surface area contributed by atoms with Crippen molar-refractivity contribution in [3.8, 4) is 0 Å². The van der Waals surface area contributed by atoms with Gasteiger partial charge < -0.3 is 9.47 Å². The largest absolute Gasteiger partial charge is 0.365 e. The minimum atomic E-state index is -3.20. The van der Waals surface area contributed by atoms with Crippen LogP contribution in [-0.4, -0.2) is 43.3 Å². The van der Waals surface area contributed by atoms with Crippen LogP contribution in [0.25, 0.3) is 0 Å². The second kappa shape index (κ2) is 3.71. The average Bonchev–Trinajstić information content (AvgIpc) is 3.04. The third kappa shape index (κ3) is 1.55. The van der Waals surface area contributed by atoms with E-state index in [9.17, 15) is 8.42 Å². The van der Waals surface area contributed by atoms with Crippen molar-refractivity contribution >= 4 is 9.84 Å². The molecule has 4 nitrogen and oxygen atoms in total. The highest BCUT2D eigenvalue weighted by Crippen LogP contribution is 2.44. The summed E-state index contributed by atoms with van der Waals surface area (Å²) in [7, 11) is -3.20. The standard InChI is InChI=1S/C14H18O4S/c1-7-3-9-5-11(13(7)17-9)19(15,16)12-6-10-4-8(2)14(12)18-10/h3-4,9-14H,5-6H2,1-2H3. The van der Waals surface area contributed by atoms with E-state index in [4.69, 9.17) is 9.47 Å². The van der Waals surface area contributed by atoms with Crippen LogP contribution in [0.5, 0.6) is 0 Å². The normalized spacial score (nSPS) is 47.7. The van der Waals surface area contributed by atoms with E-state index >= 15 is 0 Å². The number of hydrogen-bond donors (Lipinski definition) is 0. The van der Waals surface area contributed by atoms with Crippen LogP contribution in [0.1, 0.15) is 26.7 Å². The Morgan fingerprint density at radius 1 is 0.947 bits per heavy atom. The summed E-state index contributed by atoms with van der Waals surface area (Å²) in [6.45, 7) is 3.93. The van der Waals surface area contributed by atoms with Crippen LogP contribution in [0.4, 0.5) is 0 Å². The smallest absolute Gasteiger partial charge is 0.162 e. The lowest BCUT2D eigenvalue weighted by molar-refractivity contribution is 0.114. The van der Waals surface area contributed by atoms with Crippen molar-refractivity contribution in [3.63, 3.8) is 0 Å². The van der Waals surface area contributed by atoms with Crippen molar-refractivity contribution in [2.24, 2.45) is 0 Å². The molecule has 4 aliphatic rings. The monoisotopic (exact) mass is 282 g/mol. The first-order valence-electron chi connectivity index (χ1n) is 6.87. The van der Waals surface area contributed by atoms with Gasteiger partial charge in [-0.1, -0.05) is 12.2 Å². The van der Waals surface area contributed by atoms with Gasteiger partial charge in [0.1, 0.15) is 0 Å². The van der Waals surface area contributed by atoms with Crippen LogP contribution in [-0.2, 0) is 19.3 Å². The van der Waals surface area contributed by atoms with E-state index in [-0.39, 0.29) is 34.9 Å². The average molecular weight is 282 g/mol. The van der Waals surface area contributed by atoms with E-state index in [0.717, 1.165) is 11.1 Å². The van der Waals surface area contributed by atoms with Crippen LogP contribution in [0, 0.1) is 0 Å². The zero-order valence-corrected chi connectivity index (χ0v) is 11.9. The van der Waals surface area contributed by atoms with Gasteiger partial charge in [-0.2, -0.15) is 0 Å². The molecule has 0 aliphatic carbocycles. The highest BCUT2D eigenvalue weighted by atomic mass is 32.2. The van der Waals surface area contributed by atoms with E-state index < -0.39 is 9.84 Å². The van der Waals surface area contributed by atoms with Gasteiger partial charge in [-0.25, -0.2) is 8.42 Å². The molecule has 2 saturated heterocycles. The molecule has 6 unspecified atom stereocenters. The molecule has 4 bridgehead atoms. The lowest BCUT2D eigenvalue weighted by Gasteiger charge is -2.26. The summed E-state index contributed by atoms with van der Waals surface area (Å²) in [5.74, 6) is 0. The molecule has 0 aromatic heterocycles. The lowest BCUT2D eigenvalue weighted by atomic mass is 10.00. The van der Waals surface area contributed by atoms with Crippen molar-refractivity contribution in [2.45, 2.75) is 61.6 Å². The fourth-order valence-electron chi connectivity index (χ4n) is 4.00. The molecule has 4 rings (SSSR count). The molecule has 5 heteroatoms. The Morgan fingerprint density at radius 3 is 1.68 bits per heavy atom. The molecular formula is C14H18O4S. The third-order valence-corrected chi connectivity index (χ3v) is 7.45. The lowest BCUT2D eigenvalue weighted by Crippen LogP contribution is -2.42. The van der Waals surface area contributed by atoms with Gasteiger partial charge in [-0.3, -0.25) is 0 Å². The maximum atomic E-state index is 12.9. The molecule has 4 aliphatic heterocycles. The molecule has 0 amide bonds. The summed E-state index contributed by atoms with van der Waals surface area (Å²) >= 11 is 0. The second-order valence-corrected chi connectivity index (χ2v) is 8.54. The third-order valence-electron chi connectivity index (χ3n) is 4.89. The first-order valence-corrected chi connectivity index (χ1v) is 8.48. The van der Waals surface area contributed by atoms with Gasteiger partial charge in [0.15, 0.2) is 9.84 Å². The predicted octanol–water partition coefficient (Wildman–Crippen LogP) is 1.37. The fourth-order valence-corrected chi connectivity index (χ4v) is 6.61. The Morgan fingerprint density at radius 2 is 1.37 bits per heavy atom. The zero-order chi connectivity index (χ0) is 13.4. The Bertz CT molecular complexity index is 543. The summed E-state index contributed by atoms with van der Waals surface area (Å²) in [6.07, 6.45) is 4.89. The van der Waals surface area contributed by atoms with Crippen molar-refractivity contribution in [1.82, 2.24) is 0 Å². The molecule has 19 heavy (non-hydrogen) atoms. The Hall–Kier alpha value is -0.650. The maximum Gasteiger partial charge on any atom is 0.162 e. The van der Waals surface area contributed by atoms with Crippen molar-refractivity contribution < 1.29 is 17.9 Å². The van der Waals surface area contributed by atoms with E-state index in [1.807, 2.05) is 13.8 Å². The molecule has 6 atom stereocenters. The first kappa shape index (κ1) is 12.1. The molecule has 2 fully saturated rings. The number of fused-ring (bicyclic) bond motifs is 4. The summed E-state index contributed by atoms with van der Waals surface area (Å²) in [5, 5.41) is -0.744. The van der Waals surface area contributed by atoms with Crippen LogP contribution in [0.3, 0.4) is 0 Å². The Kier molecular flexibility index (Phi) is 2.37. The minimum Gasteiger partial charge on any atom is -0.365 e. The Balaban J connectivity index is 1.65. The van der Waals surface area contributed by atoms with Gasteiger partial charge in [-0.05, 0) is 37.8 Å². The number of ether oxygens (including phenoxy) is 2. The SMILES string of the molecule is CC1=CC2CC(S(=O)(=O)C3CC4C=C(C)C3O4)C1O2. The molecule has 104 valence electrons. The Labute approximate surface area is 113 Å². The van der Waals surface area contributed by atoms with E-state index in [1.165, 1.54) is 0 Å². The number of hydrogen-bond acceptors (Lipinski definition) is 4. The van der Waals surface area contributed by atoms with Gasteiger partial charge in [-0.15, -0.1) is 0 Å².